The van der Waals surface area contributed by atoms with Gasteiger partial charge in [0, 0.05) is 32.4 Å². The fourth-order valence-corrected chi connectivity index (χ4v) is 4.11. The number of aromatic nitrogens is 1. The van der Waals surface area contributed by atoms with Crippen LogP contribution in [0.15, 0.2) is 23.2 Å². The van der Waals surface area contributed by atoms with Crippen LogP contribution < -0.4 is 9.62 Å². The number of ether oxygens (including phenoxy) is 1. The zero-order valence-corrected chi connectivity index (χ0v) is 15.1. The first kappa shape index (κ1) is 17.6. The molecule has 2 heterocycles. The molecule has 24 heavy (non-hydrogen) atoms. The number of hydrogen-bond acceptors (Lipinski definition) is 5. The molecule has 7 heteroatoms. The second-order valence-corrected chi connectivity index (χ2v) is 8.53. The van der Waals surface area contributed by atoms with E-state index in [1.54, 1.807) is 6.07 Å². The summed E-state index contributed by atoms with van der Waals surface area (Å²) in [6.45, 7) is 5.95. The second-order valence-electron chi connectivity index (χ2n) is 6.76. The van der Waals surface area contributed by atoms with Crippen LogP contribution in [0.5, 0.6) is 0 Å². The average molecular weight is 353 g/mol. The Labute approximate surface area is 144 Å². The highest BCUT2D eigenvalue weighted by atomic mass is 32.2. The van der Waals surface area contributed by atoms with E-state index in [1.165, 1.54) is 12.6 Å². The summed E-state index contributed by atoms with van der Waals surface area (Å²) in [5, 5.41) is 0. The van der Waals surface area contributed by atoms with E-state index in [-0.39, 0.29) is 4.90 Å². The molecule has 0 spiro atoms. The minimum Gasteiger partial charge on any atom is -0.381 e. The lowest BCUT2D eigenvalue weighted by Crippen LogP contribution is -2.37. The van der Waals surface area contributed by atoms with Crippen molar-refractivity contribution in [1.82, 2.24) is 9.71 Å². The highest BCUT2D eigenvalue weighted by molar-refractivity contribution is 7.89. The molecule has 1 saturated carbocycles. The SMILES string of the molecule is CCOCC1CCCN(c2ccc(S(=O)(=O)NCC3CC3)cn2)C1. The molecule has 2 aliphatic rings. The second kappa shape index (κ2) is 7.80. The molecule has 3 rings (SSSR count). The minimum atomic E-state index is -3.44. The molecule has 1 atom stereocenters. The largest absolute Gasteiger partial charge is 0.381 e. The van der Waals surface area contributed by atoms with E-state index in [0.29, 0.717) is 18.4 Å². The first-order valence-corrected chi connectivity index (χ1v) is 10.3. The van der Waals surface area contributed by atoms with Gasteiger partial charge >= 0.3 is 0 Å². The van der Waals surface area contributed by atoms with Crippen LogP contribution in [0.4, 0.5) is 5.82 Å². The maximum absolute atomic E-state index is 12.2. The average Bonchev–Trinajstić information content (AvgIpc) is 3.43. The van der Waals surface area contributed by atoms with E-state index < -0.39 is 10.0 Å². The molecular weight excluding hydrogens is 326 g/mol. The summed E-state index contributed by atoms with van der Waals surface area (Å²) in [5.74, 6) is 1.88. The number of nitrogens with zero attached hydrogens (tertiary/aromatic N) is 2. The minimum absolute atomic E-state index is 0.245. The third-order valence-electron chi connectivity index (χ3n) is 4.69. The smallest absolute Gasteiger partial charge is 0.242 e. The maximum Gasteiger partial charge on any atom is 0.242 e. The summed E-state index contributed by atoms with van der Waals surface area (Å²) in [6.07, 6.45) is 6.00. The molecule has 0 amide bonds. The lowest BCUT2D eigenvalue weighted by Gasteiger charge is -2.33. The van der Waals surface area contributed by atoms with Crippen molar-refractivity contribution in [2.24, 2.45) is 11.8 Å². The number of hydrogen-bond donors (Lipinski definition) is 1. The summed E-state index contributed by atoms with van der Waals surface area (Å²) >= 11 is 0. The maximum atomic E-state index is 12.2. The highest BCUT2D eigenvalue weighted by Gasteiger charge is 2.25. The molecule has 2 fully saturated rings. The Morgan fingerprint density at radius 3 is 2.79 bits per heavy atom. The molecule has 0 bridgehead atoms. The first-order valence-electron chi connectivity index (χ1n) is 8.87. The number of sulfonamides is 1. The van der Waals surface area contributed by atoms with Crippen molar-refractivity contribution >= 4 is 15.8 Å². The van der Waals surface area contributed by atoms with Gasteiger partial charge in [-0.25, -0.2) is 18.1 Å². The van der Waals surface area contributed by atoms with Crippen molar-refractivity contribution in [2.75, 3.05) is 37.7 Å². The third kappa shape index (κ3) is 4.68. The van der Waals surface area contributed by atoms with E-state index >= 15 is 0 Å². The van der Waals surface area contributed by atoms with E-state index in [1.807, 2.05) is 13.0 Å². The molecule has 1 N–H and O–H groups in total. The summed E-state index contributed by atoms with van der Waals surface area (Å²) < 4.78 is 32.7. The highest BCUT2D eigenvalue weighted by Crippen LogP contribution is 2.28. The number of anilines is 1. The monoisotopic (exact) mass is 353 g/mol. The summed E-state index contributed by atoms with van der Waals surface area (Å²) in [6, 6.07) is 3.47. The van der Waals surface area contributed by atoms with Crippen LogP contribution in [-0.2, 0) is 14.8 Å². The van der Waals surface area contributed by atoms with E-state index in [4.69, 9.17) is 4.74 Å². The molecular formula is C17H27N3O3S. The van der Waals surface area contributed by atoms with Crippen LogP contribution >= 0.6 is 0 Å². The van der Waals surface area contributed by atoms with Gasteiger partial charge in [0.05, 0.1) is 6.61 Å². The van der Waals surface area contributed by atoms with Crippen LogP contribution in [0, 0.1) is 11.8 Å². The fourth-order valence-electron chi connectivity index (χ4n) is 3.05. The Morgan fingerprint density at radius 2 is 2.12 bits per heavy atom. The molecule has 6 nitrogen and oxygen atoms in total. The quantitative estimate of drug-likeness (QED) is 0.774. The number of nitrogens with one attached hydrogen (secondary N) is 1. The molecule has 1 unspecified atom stereocenters. The Morgan fingerprint density at radius 1 is 1.29 bits per heavy atom. The predicted molar refractivity (Wildman–Crippen MR) is 93.6 cm³/mol. The summed E-state index contributed by atoms with van der Waals surface area (Å²) in [4.78, 5) is 6.86. The van der Waals surface area contributed by atoms with Crippen molar-refractivity contribution in [3.8, 4) is 0 Å². The predicted octanol–water partition coefficient (Wildman–Crippen LogP) is 2.02. The number of piperidine rings is 1. The molecule has 0 radical (unpaired) electrons. The van der Waals surface area contributed by atoms with Gasteiger partial charge in [-0.15, -0.1) is 0 Å². The Bertz CT molecular complexity index is 629. The zero-order valence-electron chi connectivity index (χ0n) is 14.3. The number of rotatable bonds is 8. The van der Waals surface area contributed by atoms with Crippen LogP contribution in [0.3, 0.4) is 0 Å². The van der Waals surface area contributed by atoms with Gasteiger partial charge in [-0.2, -0.15) is 0 Å². The molecule has 1 aliphatic carbocycles. The van der Waals surface area contributed by atoms with Crippen molar-refractivity contribution in [2.45, 2.75) is 37.5 Å². The van der Waals surface area contributed by atoms with E-state index in [2.05, 4.69) is 14.6 Å². The Balaban J connectivity index is 1.60. The molecule has 1 aromatic heterocycles. The lowest BCUT2D eigenvalue weighted by atomic mass is 9.99. The summed E-state index contributed by atoms with van der Waals surface area (Å²) in [5.41, 5.74) is 0. The van der Waals surface area contributed by atoms with Crippen molar-refractivity contribution in [3.05, 3.63) is 18.3 Å². The van der Waals surface area contributed by atoms with Gasteiger partial charge in [-0.05, 0) is 56.6 Å². The van der Waals surface area contributed by atoms with Gasteiger partial charge < -0.3 is 9.64 Å². The third-order valence-corrected chi connectivity index (χ3v) is 6.10. The van der Waals surface area contributed by atoms with Crippen LogP contribution in [0.2, 0.25) is 0 Å². The van der Waals surface area contributed by atoms with Crippen LogP contribution in [0.25, 0.3) is 0 Å². The molecule has 134 valence electrons. The molecule has 1 saturated heterocycles. The summed E-state index contributed by atoms with van der Waals surface area (Å²) in [7, 11) is -3.44. The van der Waals surface area contributed by atoms with Crippen LogP contribution in [-0.4, -0.2) is 46.2 Å². The molecule has 1 aliphatic heterocycles. The molecule has 1 aromatic rings. The van der Waals surface area contributed by atoms with E-state index in [0.717, 1.165) is 51.4 Å². The van der Waals surface area contributed by atoms with Gasteiger partial charge in [0.1, 0.15) is 10.7 Å². The Kier molecular flexibility index (Phi) is 5.73. The zero-order chi connectivity index (χ0) is 17.0. The van der Waals surface area contributed by atoms with Gasteiger partial charge in [-0.1, -0.05) is 0 Å². The fraction of sp³-hybridized carbons (Fsp3) is 0.706. The molecule has 0 aromatic carbocycles. The van der Waals surface area contributed by atoms with Gasteiger partial charge in [0.15, 0.2) is 0 Å². The first-order chi connectivity index (χ1) is 11.6. The van der Waals surface area contributed by atoms with Gasteiger partial charge in [-0.3, -0.25) is 0 Å². The van der Waals surface area contributed by atoms with Crippen molar-refractivity contribution in [1.29, 1.82) is 0 Å². The normalized spacial score (nSPS) is 21.9. The topological polar surface area (TPSA) is 71.5 Å². The van der Waals surface area contributed by atoms with Gasteiger partial charge in [0.2, 0.25) is 10.0 Å². The number of pyridine rings is 1. The Hall–Kier alpha value is -1.18. The van der Waals surface area contributed by atoms with Gasteiger partial charge in [0.25, 0.3) is 0 Å². The van der Waals surface area contributed by atoms with Crippen molar-refractivity contribution in [3.63, 3.8) is 0 Å². The van der Waals surface area contributed by atoms with Crippen molar-refractivity contribution < 1.29 is 13.2 Å². The van der Waals surface area contributed by atoms with Crippen LogP contribution in [0.1, 0.15) is 32.6 Å². The van der Waals surface area contributed by atoms with E-state index in [9.17, 15) is 8.42 Å². The standard InChI is InChI=1S/C17H27N3O3S/c1-2-23-13-15-4-3-9-20(12-15)17-8-7-16(11-18-17)24(21,22)19-10-14-5-6-14/h7-8,11,14-15,19H,2-6,9-10,12-13H2,1H3. The lowest BCUT2D eigenvalue weighted by molar-refractivity contribution is 0.104.